The van der Waals surface area contributed by atoms with E-state index in [0.29, 0.717) is 12.6 Å². The smallest absolute Gasteiger partial charge is 0.119 e. The van der Waals surface area contributed by atoms with E-state index in [2.05, 4.69) is 64.2 Å². The zero-order valence-electron chi connectivity index (χ0n) is 11.7. The quantitative estimate of drug-likeness (QED) is 0.790. The van der Waals surface area contributed by atoms with Gasteiger partial charge in [0.2, 0.25) is 0 Å². The van der Waals surface area contributed by atoms with Crippen LogP contribution in [-0.2, 0) is 5.41 Å². The minimum atomic E-state index is 0.206. The summed E-state index contributed by atoms with van der Waals surface area (Å²) >= 11 is 0. The summed E-state index contributed by atoms with van der Waals surface area (Å²) in [5.41, 5.74) is 1.54. The summed E-state index contributed by atoms with van der Waals surface area (Å²) < 4.78 is 5.66. The molecule has 2 nitrogen and oxygen atoms in total. The molecule has 96 valence electrons. The molecule has 0 amide bonds. The largest absolute Gasteiger partial charge is 0.492 e. The fourth-order valence-corrected chi connectivity index (χ4v) is 1.57. The second-order valence-electron chi connectivity index (χ2n) is 5.73. The second-order valence-corrected chi connectivity index (χ2v) is 5.73. The van der Waals surface area contributed by atoms with Crippen molar-refractivity contribution < 1.29 is 4.74 Å². The Kier molecular flexibility index (Phi) is 5.01. The van der Waals surface area contributed by atoms with Crippen molar-refractivity contribution in [1.29, 1.82) is 0 Å². The van der Waals surface area contributed by atoms with Crippen molar-refractivity contribution in [2.45, 2.75) is 46.1 Å². The number of hydrogen-bond donors (Lipinski definition) is 1. The molecular weight excluding hydrogens is 210 g/mol. The van der Waals surface area contributed by atoms with E-state index in [1.807, 2.05) is 0 Å². The summed E-state index contributed by atoms with van der Waals surface area (Å²) in [5.74, 6) is 0.948. The first-order valence-electron chi connectivity index (χ1n) is 6.36. The van der Waals surface area contributed by atoms with Crippen LogP contribution in [0.2, 0.25) is 0 Å². The summed E-state index contributed by atoms with van der Waals surface area (Å²) in [7, 11) is 0. The van der Waals surface area contributed by atoms with E-state index in [4.69, 9.17) is 4.74 Å². The molecule has 2 heteroatoms. The van der Waals surface area contributed by atoms with Crippen LogP contribution in [0.15, 0.2) is 24.3 Å². The van der Waals surface area contributed by atoms with Crippen LogP contribution in [0.3, 0.4) is 0 Å². The van der Waals surface area contributed by atoms with E-state index in [9.17, 15) is 0 Å². The lowest BCUT2D eigenvalue weighted by Gasteiger charge is -2.19. The molecule has 0 saturated heterocycles. The summed E-state index contributed by atoms with van der Waals surface area (Å²) in [4.78, 5) is 0. The van der Waals surface area contributed by atoms with Crippen LogP contribution in [0.4, 0.5) is 0 Å². The van der Waals surface area contributed by atoms with Crippen LogP contribution in [-0.4, -0.2) is 19.2 Å². The number of nitrogens with one attached hydrogen (secondary N) is 1. The van der Waals surface area contributed by atoms with Crippen molar-refractivity contribution in [1.82, 2.24) is 5.32 Å². The molecule has 1 N–H and O–H groups in total. The Labute approximate surface area is 105 Å². The van der Waals surface area contributed by atoms with Gasteiger partial charge in [0.05, 0.1) is 0 Å². The molecule has 0 heterocycles. The molecule has 1 aromatic rings. The molecule has 17 heavy (non-hydrogen) atoms. The van der Waals surface area contributed by atoms with Gasteiger partial charge in [0.15, 0.2) is 0 Å². The van der Waals surface area contributed by atoms with E-state index in [-0.39, 0.29) is 5.41 Å². The first-order chi connectivity index (χ1) is 7.89. The Balaban J connectivity index is 2.41. The average Bonchev–Trinajstić information content (AvgIpc) is 2.23. The second kappa shape index (κ2) is 6.06. The van der Waals surface area contributed by atoms with Gasteiger partial charge in [-0.15, -0.1) is 0 Å². The minimum Gasteiger partial charge on any atom is -0.492 e. The maximum Gasteiger partial charge on any atom is 0.119 e. The summed E-state index contributed by atoms with van der Waals surface area (Å²) in [6, 6.07) is 8.91. The van der Waals surface area contributed by atoms with Gasteiger partial charge >= 0.3 is 0 Å². The lowest BCUT2D eigenvalue weighted by atomic mass is 9.87. The molecule has 0 saturated carbocycles. The van der Waals surface area contributed by atoms with Crippen LogP contribution in [0, 0.1) is 0 Å². The molecule has 1 aromatic carbocycles. The topological polar surface area (TPSA) is 21.3 Å². The minimum absolute atomic E-state index is 0.206. The summed E-state index contributed by atoms with van der Waals surface area (Å²) in [6.07, 6.45) is 0. The SMILES string of the molecule is CC(C)NCCOc1ccc(C(C)(C)C)cc1. The van der Waals surface area contributed by atoms with Gasteiger partial charge in [-0.1, -0.05) is 46.8 Å². The van der Waals surface area contributed by atoms with Crippen molar-refractivity contribution in [3.05, 3.63) is 29.8 Å². The number of benzene rings is 1. The van der Waals surface area contributed by atoms with Crippen LogP contribution in [0.1, 0.15) is 40.2 Å². The standard InChI is InChI=1S/C15H25NO/c1-12(2)16-10-11-17-14-8-6-13(7-9-14)15(3,4)5/h6-9,12,16H,10-11H2,1-5H3. The predicted octanol–water partition coefficient (Wildman–Crippen LogP) is 3.36. The molecule has 0 aliphatic heterocycles. The number of rotatable bonds is 5. The zero-order valence-corrected chi connectivity index (χ0v) is 11.7. The highest BCUT2D eigenvalue weighted by atomic mass is 16.5. The maximum atomic E-state index is 5.66. The van der Waals surface area contributed by atoms with Crippen molar-refractivity contribution in [2.24, 2.45) is 0 Å². The third kappa shape index (κ3) is 5.22. The normalized spacial score (nSPS) is 11.9. The van der Waals surface area contributed by atoms with Crippen LogP contribution in [0.5, 0.6) is 5.75 Å². The fourth-order valence-electron chi connectivity index (χ4n) is 1.57. The maximum absolute atomic E-state index is 5.66. The first kappa shape index (κ1) is 14.0. The molecule has 0 atom stereocenters. The van der Waals surface area contributed by atoms with E-state index in [1.54, 1.807) is 0 Å². The molecule has 0 fully saturated rings. The van der Waals surface area contributed by atoms with Crippen molar-refractivity contribution in [3.63, 3.8) is 0 Å². The molecule has 0 aromatic heterocycles. The van der Waals surface area contributed by atoms with Gasteiger partial charge in [0.25, 0.3) is 0 Å². The lowest BCUT2D eigenvalue weighted by Crippen LogP contribution is -2.27. The fraction of sp³-hybridized carbons (Fsp3) is 0.600. The van der Waals surface area contributed by atoms with E-state index < -0.39 is 0 Å². The summed E-state index contributed by atoms with van der Waals surface area (Å²) in [6.45, 7) is 12.5. The Morgan fingerprint density at radius 3 is 2.18 bits per heavy atom. The van der Waals surface area contributed by atoms with Gasteiger partial charge < -0.3 is 10.1 Å². The Morgan fingerprint density at radius 2 is 1.71 bits per heavy atom. The van der Waals surface area contributed by atoms with Crippen LogP contribution < -0.4 is 10.1 Å². The van der Waals surface area contributed by atoms with Gasteiger partial charge in [-0.3, -0.25) is 0 Å². The van der Waals surface area contributed by atoms with Crippen molar-refractivity contribution in [3.8, 4) is 5.75 Å². The van der Waals surface area contributed by atoms with Gasteiger partial charge in [-0.05, 0) is 23.1 Å². The molecule has 0 aliphatic carbocycles. The summed E-state index contributed by atoms with van der Waals surface area (Å²) in [5, 5.41) is 3.33. The zero-order chi connectivity index (χ0) is 12.9. The van der Waals surface area contributed by atoms with E-state index >= 15 is 0 Å². The molecular formula is C15H25NO. The van der Waals surface area contributed by atoms with Gasteiger partial charge in [0.1, 0.15) is 12.4 Å². The predicted molar refractivity (Wildman–Crippen MR) is 73.8 cm³/mol. The molecule has 0 unspecified atom stereocenters. The lowest BCUT2D eigenvalue weighted by molar-refractivity contribution is 0.308. The molecule has 0 spiro atoms. The average molecular weight is 235 g/mol. The Morgan fingerprint density at radius 1 is 1.12 bits per heavy atom. The van der Waals surface area contributed by atoms with Crippen molar-refractivity contribution >= 4 is 0 Å². The molecule has 0 aliphatic rings. The highest BCUT2D eigenvalue weighted by molar-refractivity contribution is 5.31. The highest BCUT2D eigenvalue weighted by Gasteiger charge is 2.12. The van der Waals surface area contributed by atoms with E-state index in [0.717, 1.165) is 12.3 Å². The molecule has 1 rings (SSSR count). The Bertz CT molecular complexity index is 322. The first-order valence-corrected chi connectivity index (χ1v) is 6.36. The van der Waals surface area contributed by atoms with E-state index in [1.165, 1.54) is 5.56 Å². The van der Waals surface area contributed by atoms with Gasteiger partial charge in [-0.25, -0.2) is 0 Å². The molecule has 0 bridgehead atoms. The molecule has 0 radical (unpaired) electrons. The monoisotopic (exact) mass is 235 g/mol. The Hall–Kier alpha value is -1.02. The van der Waals surface area contributed by atoms with Crippen LogP contribution >= 0.6 is 0 Å². The van der Waals surface area contributed by atoms with Gasteiger partial charge in [0, 0.05) is 12.6 Å². The third-order valence-electron chi connectivity index (χ3n) is 2.64. The third-order valence-corrected chi connectivity index (χ3v) is 2.64. The van der Waals surface area contributed by atoms with Crippen molar-refractivity contribution in [2.75, 3.05) is 13.2 Å². The highest BCUT2D eigenvalue weighted by Crippen LogP contribution is 2.24. The van der Waals surface area contributed by atoms with Crippen LogP contribution in [0.25, 0.3) is 0 Å². The number of ether oxygens (including phenoxy) is 1. The van der Waals surface area contributed by atoms with Gasteiger partial charge in [-0.2, -0.15) is 0 Å². The number of hydrogen-bond acceptors (Lipinski definition) is 2.